The van der Waals surface area contributed by atoms with Gasteiger partial charge in [0.25, 0.3) is 0 Å². The van der Waals surface area contributed by atoms with E-state index in [0.717, 1.165) is 14.9 Å². The molecular formula is C9H12FNO2S2. The standard InChI is InChI=1S/C9H12FNO2S2/c1-6-7(5-8(12)13)15-9(11-6)14-4-2-3-10/h2-5H2,1H3,(H,12,13). The predicted octanol–water partition coefficient (Wildman–Crippen LogP) is 2.53. The van der Waals surface area contributed by atoms with Crippen molar-refractivity contribution in [3.8, 4) is 0 Å². The van der Waals surface area contributed by atoms with Gasteiger partial charge in [-0.05, 0) is 13.3 Å². The maximum atomic E-state index is 11.8. The number of aryl methyl sites for hydroxylation is 1. The normalized spacial score (nSPS) is 10.5. The van der Waals surface area contributed by atoms with E-state index in [1.807, 2.05) is 0 Å². The second-order valence-electron chi connectivity index (χ2n) is 2.95. The summed E-state index contributed by atoms with van der Waals surface area (Å²) in [6.07, 6.45) is 0.532. The fourth-order valence-electron chi connectivity index (χ4n) is 0.978. The molecule has 0 unspecified atom stereocenters. The Hall–Kier alpha value is -0.620. The highest BCUT2D eigenvalue weighted by Gasteiger charge is 2.10. The molecule has 0 bridgehead atoms. The van der Waals surface area contributed by atoms with Crippen LogP contribution in [-0.4, -0.2) is 28.5 Å². The molecule has 0 aliphatic rings. The number of aromatic nitrogens is 1. The van der Waals surface area contributed by atoms with Gasteiger partial charge >= 0.3 is 5.97 Å². The number of thioether (sulfide) groups is 1. The van der Waals surface area contributed by atoms with Crippen LogP contribution in [0.15, 0.2) is 4.34 Å². The maximum absolute atomic E-state index is 11.8. The average Bonchev–Trinajstić information content (AvgIpc) is 2.47. The third kappa shape index (κ3) is 4.17. The number of hydrogen-bond donors (Lipinski definition) is 1. The highest BCUT2D eigenvalue weighted by molar-refractivity contribution is 8.01. The minimum absolute atomic E-state index is 0.0210. The molecule has 6 heteroatoms. The summed E-state index contributed by atoms with van der Waals surface area (Å²) >= 11 is 2.87. The second kappa shape index (κ2) is 6.07. The Morgan fingerprint density at radius 1 is 1.67 bits per heavy atom. The first-order valence-corrected chi connectivity index (χ1v) is 6.30. The molecule has 1 aromatic rings. The molecule has 0 atom stereocenters. The van der Waals surface area contributed by atoms with Crippen LogP contribution in [0.5, 0.6) is 0 Å². The lowest BCUT2D eigenvalue weighted by Crippen LogP contribution is -1.99. The molecule has 1 rings (SSSR count). The summed E-state index contributed by atoms with van der Waals surface area (Å²) < 4.78 is 12.7. The predicted molar refractivity (Wildman–Crippen MR) is 59.5 cm³/mol. The SMILES string of the molecule is Cc1nc(SCCCF)sc1CC(=O)O. The number of thiazole rings is 1. The van der Waals surface area contributed by atoms with Crippen molar-refractivity contribution >= 4 is 29.1 Å². The van der Waals surface area contributed by atoms with Crippen LogP contribution in [0.3, 0.4) is 0 Å². The Balaban J connectivity index is 2.56. The molecule has 0 saturated carbocycles. The zero-order valence-corrected chi connectivity index (χ0v) is 9.96. The van der Waals surface area contributed by atoms with Gasteiger partial charge in [-0.25, -0.2) is 4.98 Å². The molecule has 3 nitrogen and oxygen atoms in total. The molecule has 0 spiro atoms. The highest BCUT2D eigenvalue weighted by Crippen LogP contribution is 2.27. The van der Waals surface area contributed by atoms with Gasteiger partial charge in [0.2, 0.25) is 0 Å². The van der Waals surface area contributed by atoms with E-state index in [0.29, 0.717) is 12.2 Å². The van der Waals surface area contributed by atoms with E-state index in [1.165, 1.54) is 23.1 Å². The van der Waals surface area contributed by atoms with Gasteiger partial charge < -0.3 is 5.11 Å². The smallest absolute Gasteiger partial charge is 0.308 e. The van der Waals surface area contributed by atoms with Gasteiger partial charge in [-0.1, -0.05) is 11.8 Å². The van der Waals surface area contributed by atoms with E-state index < -0.39 is 5.97 Å². The molecule has 1 aromatic heterocycles. The molecule has 1 heterocycles. The van der Waals surface area contributed by atoms with Crippen LogP contribution in [-0.2, 0) is 11.2 Å². The first-order chi connectivity index (χ1) is 7.13. The van der Waals surface area contributed by atoms with Crippen LogP contribution >= 0.6 is 23.1 Å². The number of alkyl halides is 1. The number of rotatable bonds is 6. The Morgan fingerprint density at radius 3 is 3.00 bits per heavy atom. The van der Waals surface area contributed by atoms with Crippen LogP contribution in [0.4, 0.5) is 4.39 Å². The summed E-state index contributed by atoms with van der Waals surface area (Å²) in [5.74, 6) is -0.155. The first kappa shape index (κ1) is 12.4. The largest absolute Gasteiger partial charge is 0.481 e. The van der Waals surface area contributed by atoms with Crippen molar-refractivity contribution in [2.24, 2.45) is 0 Å². The molecule has 15 heavy (non-hydrogen) atoms. The van der Waals surface area contributed by atoms with E-state index >= 15 is 0 Å². The van der Waals surface area contributed by atoms with Gasteiger partial charge in [0, 0.05) is 10.6 Å². The summed E-state index contributed by atoms with van der Waals surface area (Å²) in [6.45, 7) is 1.48. The molecule has 0 aliphatic carbocycles. The van der Waals surface area contributed by atoms with Crippen LogP contribution in [0, 0.1) is 6.92 Å². The minimum atomic E-state index is -0.845. The van der Waals surface area contributed by atoms with E-state index in [9.17, 15) is 9.18 Å². The lowest BCUT2D eigenvalue weighted by Gasteiger charge is -1.92. The molecular weight excluding hydrogens is 237 g/mol. The molecule has 0 radical (unpaired) electrons. The Kier molecular flexibility index (Phi) is 5.04. The van der Waals surface area contributed by atoms with Gasteiger partial charge in [-0.3, -0.25) is 9.18 Å². The first-order valence-electron chi connectivity index (χ1n) is 4.50. The molecule has 1 N–H and O–H groups in total. The maximum Gasteiger partial charge on any atom is 0.308 e. The van der Waals surface area contributed by atoms with E-state index in [-0.39, 0.29) is 13.1 Å². The van der Waals surface area contributed by atoms with E-state index in [2.05, 4.69) is 4.98 Å². The third-order valence-corrected chi connectivity index (χ3v) is 4.07. The number of carboxylic acid groups (broad SMARTS) is 1. The zero-order valence-electron chi connectivity index (χ0n) is 8.33. The zero-order chi connectivity index (χ0) is 11.3. The van der Waals surface area contributed by atoms with Crippen LogP contribution in [0.25, 0.3) is 0 Å². The summed E-state index contributed by atoms with van der Waals surface area (Å²) in [4.78, 5) is 15.5. The Labute approximate surface area is 95.7 Å². The van der Waals surface area contributed by atoms with Crippen LogP contribution < -0.4 is 0 Å². The average molecular weight is 249 g/mol. The number of carbonyl (C=O) groups is 1. The second-order valence-corrected chi connectivity index (χ2v) is 5.38. The van der Waals surface area contributed by atoms with Crippen molar-refractivity contribution < 1.29 is 14.3 Å². The number of halogens is 1. The minimum Gasteiger partial charge on any atom is -0.481 e. The van der Waals surface area contributed by atoms with E-state index in [1.54, 1.807) is 6.92 Å². The van der Waals surface area contributed by atoms with Gasteiger partial charge in [0.15, 0.2) is 0 Å². The summed E-state index contributed by atoms with van der Waals surface area (Å²) in [6, 6.07) is 0. The summed E-state index contributed by atoms with van der Waals surface area (Å²) in [5.41, 5.74) is 0.769. The molecule has 0 amide bonds. The monoisotopic (exact) mass is 249 g/mol. The van der Waals surface area contributed by atoms with Crippen molar-refractivity contribution in [2.45, 2.75) is 24.1 Å². The fourth-order valence-corrected chi connectivity index (χ4v) is 3.18. The van der Waals surface area contributed by atoms with Crippen molar-refractivity contribution in [3.63, 3.8) is 0 Å². The number of nitrogens with zero attached hydrogens (tertiary/aromatic N) is 1. The molecule has 0 aromatic carbocycles. The summed E-state index contributed by atoms with van der Waals surface area (Å²) in [5, 5.41) is 8.64. The lowest BCUT2D eigenvalue weighted by molar-refractivity contribution is -0.136. The Bertz CT molecular complexity index is 341. The number of carboxylic acids is 1. The van der Waals surface area contributed by atoms with Crippen molar-refractivity contribution in [1.29, 1.82) is 0 Å². The molecule has 0 saturated heterocycles. The van der Waals surface area contributed by atoms with Crippen molar-refractivity contribution in [1.82, 2.24) is 4.98 Å². The Morgan fingerprint density at radius 2 is 2.40 bits per heavy atom. The topological polar surface area (TPSA) is 50.2 Å². The molecule has 0 fully saturated rings. The van der Waals surface area contributed by atoms with Crippen molar-refractivity contribution in [2.75, 3.05) is 12.4 Å². The van der Waals surface area contributed by atoms with Gasteiger partial charge in [-0.2, -0.15) is 0 Å². The van der Waals surface area contributed by atoms with E-state index in [4.69, 9.17) is 5.11 Å². The number of aliphatic carboxylic acids is 1. The van der Waals surface area contributed by atoms with Crippen molar-refractivity contribution in [3.05, 3.63) is 10.6 Å². The fraction of sp³-hybridized carbons (Fsp3) is 0.556. The summed E-state index contributed by atoms with van der Waals surface area (Å²) in [7, 11) is 0. The third-order valence-electron chi connectivity index (χ3n) is 1.69. The lowest BCUT2D eigenvalue weighted by atomic mass is 10.3. The quantitative estimate of drug-likeness (QED) is 0.621. The number of hydrogen-bond acceptors (Lipinski definition) is 4. The molecule has 0 aliphatic heterocycles. The highest BCUT2D eigenvalue weighted by atomic mass is 32.2. The van der Waals surface area contributed by atoms with Gasteiger partial charge in [0.05, 0.1) is 18.8 Å². The van der Waals surface area contributed by atoms with Crippen LogP contribution in [0.1, 0.15) is 17.0 Å². The molecule has 84 valence electrons. The van der Waals surface area contributed by atoms with Gasteiger partial charge in [0.1, 0.15) is 4.34 Å². The van der Waals surface area contributed by atoms with Gasteiger partial charge in [-0.15, -0.1) is 11.3 Å². The van der Waals surface area contributed by atoms with Crippen LogP contribution in [0.2, 0.25) is 0 Å².